The molecule has 0 unspecified atom stereocenters. The van der Waals surface area contributed by atoms with Crippen LogP contribution in [0.4, 0.5) is 5.69 Å². The van der Waals surface area contributed by atoms with Gasteiger partial charge < -0.3 is 20.0 Å². The van der Waals surface area contributed by atoms with Gasteiger partial charge in [0.1, 0.15) is 12.4 Å². The predicted octanol–water partition coefficient (Wildman–Crippen LogP) is 2.03. The molecule has 0 radical (unpaired) electrons. The van der Waals surface area contributed by atoms with Gasteiger partial charge in [-0.1, -0.05) is 17.7 Å². The second-order valence-corrected chi connectivity index (χ2v) is 4.96. The van der Waals surface area contributed by atoms with Crippen LogP contribution in [0.5, 0.6) is 5.75 Å². The largest absolute Gasteiger partial charge is 0.546 e. The zero-order valence-electron chi connectivity index (χ0n) is 11.8. The first kappa shape index (κ1) is 15.9. The first-order valence-corrected chi connectivity index (χ1v) is 6.84. The molecular weight excluding hydrogens is 306 g/mol. The van der Waals surface area contributed by atoms with E-state index in [0.717, 1.165) is 5.56 Å². The van der Waals surface area contributed by atoms with Gasteiger partial charge in [-0.05, 0) is 48.9 Å². The molecule has 0 aliphatic heterocycles. The molecule has 0 bridgehead atoms. The number of carboxylic acids is 1. The SMILES string of the molecule is Cc1c(Cl)cccc1NC(=O)c1ccc(OCC(=O)[O-])cc1. The Morgan fingerprint density at radius 1 is 1.18 bits per heavy atom. The van der Waals surface area contributed by atoms with Gasteiger partial charge in [-0.2, -0.15) is 0 Å². The number of halogens is 1. The summed E-state index contributed by atoms with van der Waals surface area (Å²) in [6.07, 6.45) is 0. The lowest BCUT2D eigenvalue weighted by atomic mass is 10.1. The summed E-state index contributed by atoms with van der Waals surface area (Å²) in [5.74, 6) is -1.25. The summed E-state index contributed by atoms with van der Waals surface area (Å²) >= 11 is 6.00. The van der Waals surface area contributed by atoms with Crippen LogP contribution in [0.2, 0.25) is 5.02 Å². The quantitative estimate of drug-likeness (QED) is 0.915. The van der Waals surface area contributed by atoms with Crippen molar-refractivity contribution in [3.63, 3.8) is 0 Å². The zero-order valence-corrected chi connectivity index (χ0v) is 12.5. The van der Waals surface area contributed by atoms with Gasteiger partial charge in [0, 0.05) is 16.3 Å². The first-order chi connectivity index (χ1) is 10.5. The molecule has 1 N–H and O–H groups in total. The van der Waals surface area contributed by atoms with Crippen LogP contribution in [0.25, 0.3) is 0 Å². The summed E-state index contributed by atoms with van der Waals surface area (Å²) in [6.45, 7) is 1.28. The Labute approximate surface area is 132 Å². The van der Waals surface area contributed by atoms with E-state index in [1.54, 1.807) is 30.3 Å². The lowest BCUT2D eigenvalue weighted by Crippen LogP contribution is -2.28. The van der Waals surface area contributed by atoms with Crippen LogP contribution in [0, 0.1) is 6.92 Å². The molecule has 22 heavy (non-hydrogen) atoms. The number of rotatable bonds is 5. The molecule has 0 aliphatic carbocycles. The minimum Gasteiger partial charge on any atom is -0.546 e. The summed E-state index contributed by atoms with van der Waals surface area (Å²) in [5.41, 5.74) is 1.83. The van der Waals surface area contributed by atoms with E-state index in [2.05, 4.69) is 5.32 Å². The van der Waals surface area contributed by atoms with Gasteiger partial charge in [0.25, 0.3) is 5.91 Å². The van der Waals surface area contributed by atoms with Gasteiger partial charge >= 0.3 is 0 Å². The van der Waals surface area contributed by atoms with Gasteiger partial charge in [0.15, 0.2) is 0 Å². The van der Waals surface area contributed by atoms with Gasteiger partial charge in [0.2, 0.25) is 0 Å². The van der Waals surface area contributed by atoms with E-state index in [0.29, 0.717) is 22.0 Å². The third-order valence-electron chi connectivity index (χ3n) is 2.99. The average molecular weight is 319 g/mol. The fourth-order valence-corrected chi connectivity index (χ4v) is 1.96. The standard InChI is InChI=1S/C16H14ClNO4/c1-10-13(17)3-2-4-14(10)18-16(21)11-5-7-12(8-6-11)22-9-15(19)20/h2-8H,9H2,1H3,(H,18,21)(H,19,20)/p-1. The molecule has 114 valence electrons. The maximum absolute atomic E-state index is 12.2. The highest BCUT2D eigenvalue weighted by Crippen LogP contribution is 2.23. The number of nitrogens with one attached hydrogen (secondary N) is 1. The maximum Gasteiger partial charge on any atom is 0.255 e. The second kappa shape index (κ2) is 6.95. The smallest absolute Gasteiger partial charge is 0.255 e. The summed E-state index contributed by atoms with van der Waals surface area (Å²) < 4.78 is 4.94. The number of anilines is 1. The Hall–Kier alpha value is -2.53. The molecule has 5 nitrogen and oxygen atoms in total. The fourth-order valence-electron chi connectivity index (χ4n) is 1.78. The number of ether oxygens (including phenoxy) is 1. The third-order valence-corrected chi connectivity index (χ3v) is 3.40. The third kappa shape index (κ3) is 3.99. The Kier molecular flexibility index (Phi) is 5.01. The Morgan fingerprint density at radius 3 is 2.50 bits per heavy atom. The molecule has 0 saturated carbocycles. The minimum absolute atomic E-state index is 0.295. The summed E-state index contributed by atoms with van der Waals surface area (Å²) in [4.78, 5) is 22.5. The monoisotopic (exact) mass is 318 g/mol. The molecule has 0 heterocycles. The highest BCUT2D eigenvalue weighted by Gasteiger charge is 2.09. The Morgan fingerprint density at radius 2 is 1.86 bits per heavy atom. The number of carbonyl (C=O) groups is 2. The van der Waals surface area contributed by atoms with Gasteiger partial charge in [-0.15, -0.1) is 0 Å². The molecule has 2 rings (SSSR count). The van der Waals surface area contributed by atoms with E-state index in [4.69, 9.17) is 16.3 Å². The summed E-state index contributed by atoms with van der Waals surface area (Å²) in [5, 5.41) is 13.6. The molecule has 1 amide bonds. The van der Waals surface area contributed by atoms with E-state index in [9.17, 15) is 14.7 Å². The normalized spacial score (nSPS) is 10.1. The van der Waals surface area contributed by atoms with E-state index < -0.39 is 12.6 Å². The molecule has 2 aromatic rings. The molecule has 0 aromatic heterocycles. The number of amides is 1. The van der Waals surface area contributed by atoms with Crippen LogP contribution < -0.4 is 15.2 Å². The van der Waals surface area contributed by atoms with Gasteiger partial charge in [0.05, 0.1) is 5.97 Å². The van der Waals surface area contributed by atoms with Crippen LogP contribution >= 0.6 is 11.6 Å². The molecule has 0 fully saturated rings. The lowest BCUT2D eigenvalue weighted by molar-refractivity contribution is -0.307. The van der Waals surface area contributed by atoms with Crippen molar-refractivity contribution in [3.05, 3.63) is 58.6 Å². The molecule has 0 atom stereocenters. The summed E-state index contributed by atoms with van der Waals surface area (Å²) in [6, 6.07) is 11.4. The average Bonchev–Trinajstić information content (AvgIpc) is 2.50. The van der Waals surface area contributed by atoms with E-state index in [-0.39, 0.29) is 5.91 Å². The van der Waals surface area contributed by atoms with Crippen LogP contribution in [-0.2, 0) is 4.79 Å². The molecular formula is C16H13ClNO4-. The number of carboxylic acid groups (broad SMARTS) is 1. The van der Waals surface area contributed by atoms with Crippen molar-refractivity contribution in [3.8, 4) is 5.75 Å². The highest BCUT2D eigenvalue weighted by atomic mass is 35.5. The maximum atomic E-state index is 12.2. The number of hydrogen-bond acceptors (Lipinski definition) is 4. The van der Waals surface area contributed by atoms with Gasteiger partial charge in [-0.3, -0.25) is 4.79 Å². The molecule has 0 aliphatic rings. The number of benzene rings is 2. The second-order valence-electron chi connectivity index (χ2n) is 4.55. The number of hydrogen-bond donors (Lipinski definition) is 1. The van der Waals surface area contributed by atoms with Gasteiger partial charge in [-0.25, -0.2) is 0 Å². The number of aliphatic carboxylic acids is 1. The van der Waals surface area contributed by atoms with Crippen molar-refractivity contribution >= 4 is 29.2 Å². The van der Waals surface area contributed by atoms with Crippen LogP contribution in [0.3, 0.4) is 0 Å². The van der Waals surface area contributed by atoms with Crippen molar-refractivity contribution < 1.29 is 19.4 Å². The Bertz CT molecular complexity index is 698. The van der Waals surface area contributed by atoms with E-state index in [1.807, 2.05) is 6.92 Å². The summed E-state index contributed by atoms with van der Waals surface area (Å²) in [7, 11) is 0. The molecule has 0 spiro atoms. The predicted molar refractivity (Wildman–Crippen MR) is 81.1 cm³/mol. The van der Waals surface area contributed by atoms with Crippen molar-refractivity contribution in [2.75, 3.05) is 11.9 Å². The van der Waals surface area contributed by atoms with Crippen LogP contribution in [0.1, 0.15) is 15.9 Å². The lowest BCUT2D eigenvalue weighted by Gasteiger charge is -2.10. The zero-order chi connectivity index (χ0) is 16.1. The van der Waals surface area contributed by atoms with Crippen molar-refractivity contribution in [1.29, 1.82) is 0 Å². The fraction of sp³-hybridized carbons (Fsp3) is 0.125. The number of carbonyl (C=O) groups excluding carboxylic acids is 2. The first-order valence-electron chi connectivity index (χ1n) is 6.46. The topological polar surface area (TPSA) is 78.5 Å². The van der Waals surface area contributed by atoms with Crippen molar-refractivity contribution in [1.82, 2.24) is 0 Å². The Balaban J connectivity index is 2.06. The van der Waals surface area contributed by atoms with Crippen LogP contribution in [0.15, 0.2) is 42.5 Å². The molecule has 2 aromatic carbocycles. The van der Waals surface area contributed by atoms with E-state index in [1.165, 1.54) is 12.1 Å². The van der Waals surface area contributed by atoms with E-state index >= 15 is 0 Å². The molecule has 6 heteroatoms. The van der Waals surface area contributed by atoms with Crippen molar-refractivity contribution in [2.24, 2.45) is 0 Å². The minimum atomic E-state index is -1.31. The van der Waals surface area contributed by atoms with Crippen molar-refractivity contribution in [2.45, 2.75) is 6.92 Å². The van der Waals surface area contributed by atoms with Crippen LogP contribution in [-0.4, -0.2) is 18.5 Å². The molecule has 0 saturated heterocycles. The highest BCUT2D eigenvalue weighted by molar-refractivity contribution is 6.31.